The Labute approximate surface area is 128 Å². The molecule has 0 atom stereocenters. The molecule has 0 aromatic carbocycles. The topological polar surface area (TPSA) is 54.2 Å². The Bertz CT molecular complexity index is 467. The molecule has 1 aliphatic rings. The van der Waals surface area contributed by atoms with Crippen LogP contribution in [0.4, 0.5) is 11.6 Å². The van der Waals surface area contributed by atoms with Gasteiger partial charge in [-0.1, -0.05) is 37.0 Å². The van der Waals surface area contributed by atoms with E-state index in [0.29, 0.717) is 20.6 Å². The van der Waals surface area contributed by atoms with Crippen LogP contribution in [0.25, 0.3) is 0 Å². The highest BCUT2D eigenvalue weighted by atomic mass is 35.5. The van der Waals surface area contributed by atoms with Crippen LogP contribution in [0, 0.1) is 0 Å². The summed E-state index contributed by atoms with van der Waals surface area (Å²) in [6.07, 6.45) is 1.09. The maximum absolute atomic E-state index is 6.25. The second-order valence-corrected chi connectivity index (χ2v) is 7.73. The number of halogens is 2. The molecule has 2 rings (SSSR count). The number of hydrogen-bond donors (Lipinski definition) is 2. The van der Waals surface area contributed by atoms with Gasteiger partial charge < -0.3 is 10.3 Å². The molecule has 1 aromatic heterocycles. The molecule has 3 N–H and O–H groups in total. The Balaban J connectivity index is 2.26. The first-order valence-electron chi connectivity index (χ1n) is 6.14. The zero-order valence-electron chi connectivity index (χ0n) is 11.0. The van der Waals surface area contributed by atoms with Crippen LogP contribution in [0.3, 0.4) is 0 Å². The Morgan fingerprint density at radius 3 is 2.79 bits per heavy atom. The van der Waals surface area contributed by atoms with Crippen LogP contribution in [-0.4, -0.2) is 28.6 Å². The SMILES string of the molecule is CC1(C)CCN(c2nc(NN)c(Cl)cc2Cl)CCS1. The van der Waals surface area contributed by atoms with Gasteiger partial charge in [0.05, 0.1) is 10.0 Å². The molecule has 7 heteroatoms. The van der Waals surface area contributed by atoms with Crippen molar-refractivity contribution in [2.45, 2.75) is 25.0 Å². The van der Waals surface area contributed by atoms with Crippen LogP contribution in [0.2, 0.25) is 10.0 Å². The van der Waals surface area contributed by atoms with Gasteiger partial charge in [0, 0.05) is 23.6 Å². The maximum Gasteiger partial charge on any atom is 0.161 e. The number of nitrogen functional groups attached to an aromatic ring is 1. The van der Waals surface area contributed by atoms with E-state index in [-0.39, 0.29) is 0 Å². The maximum atomic E-state index is 6.25. The van der Waals surface area contributed by atoms with Gasteiger partial charge in [0.15, 0.2) is 5.82 Å². The van der Waals surface area contributed by atoms with Crippen LogP contribution in [0.5, 0.6) is 0 Å². The lowest BCUT2D eigenvalue weighted by atomic mass is 10.1. The average molecular weight is 321 g/mol. The Morgan fingerprint density at radius 1 is 1.37 bits per heavy atom. The number of thioether (sulfide) groups is 1. The molecule has 1 aliphatic heterocycles. The molecular formula is C12H18Cl2N4S. The normalized spacial score (nSPS) is 19.1. The summed E-state index contributed by atoms with van der Waals surface area (Å²) >= 11 is 14.2. The molecule has 2 heterocycles. The van der Waals surface area contributed by atoms with E-state index in [0.717, 1.165) is 31.1 Å². The lowest BCUT2D eigenvalue weighted by Gasteiger charge is -2.24. The second-order valence-electron chi connectivity index (χ2n) is 5.11. The first-order chi connectivity index (χ1) is 8.93. The predicted molar refractivity (Wildman–Crippen MR) is 85.4 cm³/mol. The lowest BCUT2D eigenvalue weighted by Crippen LogP contribution is -2.28. The number of nitrogens with two attached hydrogens (primary N) is 1. The third-order valence-electron chi connectivity index (χ3n) is 3.19. The molecule has 1 aromatic rings. The van der Waals surface area contributed by atoms with E-state index in [4.69, 9.17) is 29.0 Å². The van der Waals surface area contributed by atoms with Crippen LogP contribution in [0.1, 0.15) is 20.3 Å². The molecule has 0 radical (unpaired) electrons. The van der Waals surface area contributed by atoms with E-state index >= 15 is 0 Å². The third kappa shape index (κ3) is 3.60. The minimum Gasteiger partial charge on any atom is -0.354 e. The van der Waals surface area contributed by atoms with Gasteiger partial charge in [0.2, 0.25) is 0 Å². The van der Waals surface area contributed by atoms with Gasteiger partial charge in [0.1, 0.15) is 5.82 Å². The van der Waals surface area contributed by atoms with Crippen molar-refractivity contribution >= 4 is 46.6 Å². The van der Waals surface area contributed by atoms with Crippen molar-refractivity contribution < 1.29 is 0 Å². The Morgan fingerprint density at radius 2 is 2.11 bits per heavy atom. The van der Waals surface area contributed by atoms with Gasteiger partial charge in [-0.05, 0) is 12.5 Å². The summed E-state index contributed by atoms with van der Waals surface area (Å²) in [7, 11) is 0. The van der Waals surface area contributed by atoms with Crippen LogP contribution < -0.4 is 16.2 Å². The fraction of sp³-hybridized carbons (Fsp3) is 0.583. The minimum atomic E-state index is 0.294. The molecule has 0 saturated carbocycles. The number of nitrogens with one attached hydrogen (secondary N) is 1. The molecule has 1 fully saturated rings. The number of pyridine rings is 1. The lowest BCUT2D eigenvalue weighted by molar-refractivity contribution is 0.635. The van der Waals surface area contributed by atoms with E-state index in [1.54, 1.807) is 6.07 Å². The molecule has 1 saturated heterocycles. The monoisotopic (exact) mass is 320 g/mol. The minimum absolute atomic E-state index is 0.294. The molecule has 0 unspecified atom stereocenters. The summed E-state index contributed by atoms with van der Waals surface area (Å²) < 4.78 is 0.294. The molecule has 0 bridgehead atoms. The zero-order valence-corrected chi connectivity index (χ0v) is 13.4. The van der Waals surface area contributed by atoms with E-state index < -0.39 is 0 Å². The highest BCUT2D eigenvalue weighted by Crippen LogP contribution is 2.35. The van der Waals surface area contributed by atoms with Gasteiger partial charge in [-0.3, -0.25) is 0 Å². The number of hydrazine groups is 1. The van der Waals surface area contributed by atoms with Crippen molar-refractivity contribution in [1.29, 1.82) is 0 Å². The summed E-state index contributed by atoms with van der Waals surface area (Å²) in [5.74, 6) is 7.67. The molecule has 0 amide bonds. The first kappa shape index (κ1) is 15.0. The fourth-order valence-electron chi connectivity index (χ4n) is 2.01. The average Bonchev–Trinajstić information content (AvgIpc) is 2.51. The summed E-state index contributed by atoms with van der Waals surface area (Å²) in [5, 5.41) is 0.995. The van der Waals surface area contributed by atoms with Gasteiger partial charge in [0.25, 0.3) is 0 Å². The summed E-state index contributed by atoms with van der Waals surface area (Å²) in [5.41, 5.74) is 2.50. The van der Waals surface area contributed by atoms with Crippen molar-refractivity contribution in [1.82, 2.24) is 4.98 Å². The van der Waals surface area contributed by atoms with E-state index in [1.807, 2.05) is 11.8 Å². The zero-order chi connectivity index (χ0) is 14.0. The Hall–Kier alpha value is -0.360. The first-order valence-corrected chi connectivity index (χ1v) is 7.89. The van der Waals surface area contributed by atoms with Crippen molar-refractivity contribution in [2.24, 2.45) is 5.84 Å². The number of anilines is 2. The summed E-state index contributed by atoms with van der Waals surface area (Å²) in [6, 6.07) is 1.68. The highest BCUT2D eigenvalue weighted by molar-refractivity contribution is 8.00. The standard InChI is InChI=1S/C12H18Cl2N4S/c1-12(2)3-4-18(5-6-19-12)11-9(14)7-8(13)10(16-11)17-15/h7H,3-6,15H2,1-2H3,(H,16,17). The number of hydrogen-bond acceptors (Lipinski definition) is 5. The van der Waals surface area contributed by atoms with Crippen LogP contribution in [-0.2, 0) is 0 Å². The smallest absolute Gasteiger partial charge is 0.161 e. The van der Waals surface area contributed by atoms with Gasteiger partial charge in [-0.25, -0.2) is 10.8 Å². The van der Waals surface area contributed by atoms with Gasteiger partial charge in [-0.2, -0.15) is 11.8 Å². The molecule has 0 spiro atoms. The third-order valence-corrected chi connectivity index (χ3v) is 5.12. The van der Waals surface area contributed by atoms with Crippen molar-refractivity contribution in [3.63, 3.8) is 0 Å². The van der Waals surface area contributed by atoms with E-state index in [1.165, 1.54) is 0 Å². The van der Waals surface area contributed by atoms with Crippen LogP contribution >= 0.6 is 35.0 Å². The van der Waals surface area contributed by atoms with E-state index in [2.05, 4.69) is 29.2 Å². The van der Waals surface area contributed by atoms with E-state index in [9.17, 15) is 0 Å². The molecule has 0 aliphatic carbocycles. The molecule has 19 heavy (non-hydrogen) atoms. The largest absolute Gasteiger partial charge is 0.354 e. The van der Waals surface area contributed by atoms with Gasteiger partial charge in [-0.15, -0.1) is 0 Å². The van der Waals surface area contributed by atoms with Gasteiger partial charge >= 0.3 is 0 Å². The fourth-order valence-corrected chi connectivity index (χ4v) is 3.64. The van der Waals surface area contributed by atoms with Crippen molar-refractivity contribution in [3.05, 3.63) is 16.1 Å². The predicted octanol–water partition coefficient (Wildman–Crippen LogP) is 3.40. The van der Waals surface area contributed by atoms with Crippen LogP contribution in [0.15, 0.2) is 6.07 Å². The summed E-state index contributed by atoms with van der Waals surface area (Å²) in [6.45, 7) is 6.39. The molecule has 106 valence electrons. The number of rotatable bonds is 2. The number of aromatic nitrogens is 1. The quantitative estimate of drug-likeness (QED) is 0.646. The molecule has 4 nitrogen and oxygen atoms in total. The molecular weight excluding hydrogens is 303 g/mol. The van der Waals surface area contributed by atoms with Crippen molar-refractivity contribution in [2.75, 3.05) is 29.2 Å². The number of nitrogens with zero attached hydrogens (tertiary/aromatic N) is 2. The Kier molecular flexibility index (Phi) is 4.71. The highest BCUT2D eigenvalue weighted by Gasteiger charge is 2.25. The summed E-state index contributed by atoms with van der Waals surface area (Å²) in [4.78, 5) is 6.62. The van der Waals surface area contributed by atoms with Crippen molar-refractivity contribution in [3.8, 4) is 0 Å². The second kappa shape index (κ2) is 5.95.